The topological polar surface area (TPSA) is 466 Å². The standard InChI is InChI=1S/C40H70O29/c1-10(2)4-12-31(65-38-28(56)23(51)33(15(7-43)62-38)67-36-26(54)20(48)19(47)13(5-41)61-36)22(50)27(55)37(60-12)68-34-16(8-44)64-40(30(58)24(34)52)69-35-17(9-45)63-39(29(57)25(35)53)66-32-14(6-42)59-11(3)18(46)21(32)49/h10-58H,4-9H2,1-3H3. The molecule has 6 saturated heterocycles. The Balaban J connectivity index is 1.10. The van der Waals surface area contributed by atoms with Crippen LogP contribution in [0.2, 0.25) is 0 Å². The van der Waals surface area contributed by atoms with Crippen LogP contribution in [0.1, 0.15) is 27.2 Å². The van der Waals surface area contributed by atoms with Crippen LogP contribution in [0.3, 0.4) is 0 Å². The highest BCUT2D eigenvalue weighted by Crippen LogP contribution is 2.37. The molecular weight excluding hydrogens is 944 g/mol. The Morgan fingerprint density at radius 1 is 0.304 bits per heavy atom. The van der Waals surface area contributed by atoms with E-state index >= 15 is 0 Å². The van der Waals surface area contributed by atoms with Crippen LogP contribution in [-0.2, 0) is 52.1 Å². The van der Waals surface area contributed by atoms with Crippen LogP contribution < -0.4 is 0 Å². The number of hydrogen-bond acceptors (Lipinski definition) is 29. The molecule has 0 spiro atoms. The van der Waals surface area contributed by atoms with Gasteiger partial charge in [0.05, 0.1) is 45.2 Å². The van der Waals surface area contributed by atoms with Gasteiger partial charge in [0.2, 0.25) is 0 Å². The number of hydrogen-bond donors (Lipinski definition) is 18. The molecule has 29 heteroatoms. The van der Waals surface area contributed by atoms with E-state index in [2.05, 4.69) is 0 Å². The molecule has 0 aromatic rings. The summed E-state index contributed by atoms with van der Waals surface area (Å²) in [6.07, 6.45) is -51.9. The minimum Gasteiger partial charge on any atom is -0.394 e. The first-order valence-corrected chi connectivity index (χ1v) is 22.7. The highest BCUT2D eigenvalue weighted by molar-refractivity contribution is 5.00. The molecule has 404 valence electrons. The molecule has 0 aromatic carbocycles. The lowest BCUT2D eigenvalue weighted by atomic mass is 9.92. The van der Waals surface area contributed by atoms with Gasteiger partial charge in [-0.1, -0.05) is 13.8 Å². The van der Waals surface area contributed by atoms with E-state index in [1.54, 1.807) is 13.8 Å². The van der Waals surface area contributed by atoms with E-state index in [0.29, 0.717) is 0 Å². The number of aliphatic hydroxyl groups is 18. The second-order valence-electron chi connectivity index (χ2n) is 18.5. The lowest BCUT2D eigenvalue weighted by Gasteiger charge is -2.50. The van der Waals surface area contributed by atoms with Crippen LogP contribution >= 0.6 is 0 Å². The Morgan fingerprint density at radius 3 is 0.855 bits per heavy atom. The summed E-state index contributed by atoms with van der Waals surface area (Å²) in [5, 5.41) is 192. The van der Waals surface area contributed by atoms with Crippen molar-refractivity contribution in [2.45, 2.75) is 211 Å². The van der Waals surface area contributed by atoms with E-state index in [9.17, 15) is 91.9 Å². The quantitative estimate of drug-likeness (QED) is 0.0643. The lowest BCUT2D eigenvalue weighted by molar-refractivity contribution is -0.394. The summed E-state index contributed by atoms with van der Waals surface area (Å²) in [4.78, 5) is 0. The minimum atomic E-state index is -2.10. The summed E-state index contributed by atoms with van der Waals surface area (Å²) >= 11 is 0. The molecule has 0 aromatic heterocycles. The van der Waals surface area contributed by atoms with Gasteiger partial charge >= 0.3 is 0 Å². The van der Waals surface area contributed by atoms with E-state index in [4.69, 9.17) is 52.1 Å². The third-order valence-corrected chi connectivity index (χ3v) is 13.2. The van der Waals surface area contributed by atoms with Crippen molar-refractivity contribution in [1.29, 1.82) is 0 Å². The van der Waals surface area contributed by atoms with Gasteiger partial charge in [-0.2, -0.15) is 0 Å². The largest absolute Gasteiger partial charge is 0.394 e. The maximum Gasteiger partial charge on any atom is 0.187 e. The van der Waals surface area contributed by atoms with Crippen molar-refractivity contribution < 1.29 is 144 Å². The van der Waals surface area contributed by atoms with Crippen LogP contribution in [0.25, 0.3) is 0 Å². The fourth-order valence-electron chi connectivity index (χ4n) is 9.23. The second-order valence-corrected chi connectivity index (χ2v) is 18.5. The fraction of sp³-hybridized carbons (Fsp3) is 1.00. The van der Waals surface area contributed by atoms with Gasteiger partial charge in [0.15, 0.2) is 31.5 Å². The van der Waals surface area contributed by atoms with Gasteiger partial charge in [-0.05, 0) is 19.3 Å². The maximum atomic E-state index is 11.5. The molecular formula is C40H70O29. The Labute approximate surface area is 393 Å². The Hall–Kier alpha value is -1.16. The van der Waals surface area contributed by atoms with Gasteiger partial charge in [0, 0.05) is 0 Å². The second kappa shape index (κ2) is 24.5. The van der Waals surface area contributed by atoms with Crippen molar-refractivity contribution in [3.05, 3.63) is 0 Å². The average Bonchev–Trinajstić information content (AvgIpc) is 3.32. The monoisotopic (exact) mass is 1010 g/mol. The average molecular weight is 1010 g/mol. The minimum absolute atomic E-state index is 0.0470. The number of aliphatic hydroxyl groups excluding tert-OH is 18. The third kappa shape index (κ3) is 12.0. The van der Waals surface area contributed by atoms with Crippen LogP contribution in [0.5, 0.6) is 0 Å². The zero-order valence-corrected chi connectivity index (χ0v) is 37.7. The molecule has 6 rings (SSSR count). The summed E-state index contributed by atoms with van der Waals surface area (Å²) in [6.45, 7) is 0.661. The molecule has 29 nitrogen and oxygen atoms in total. The van der Waals surface area contributed by atoms with Gasteiger partial charge in [-0.3, -0.25) is 0 Å². The SMILES string of the molecule is CC(C)CC1OC(OC2C(CO)OC(OC3C(CO)OC(OC4C(CO)OC(C)C(O)C4O)C(O)C3O)C(O)C2O)C(O)C(O)C1OC1OC(CO)C(OC2OC(CO)C(O)C(O)C2O)C(O)C1O. The highest BCUT2D eigenvalue weighted by atomic mass is 16.8. The molecule has 6 aliphatic rings. The third-order valence-electron chi connectivity index (χ3n) is 13.2. The van der Waals surface area contributed by atoms with E-state index in [1.807, 2.05) is 0 Å². The number of rotatable bonds is 17. The van der Waals surface area contributed by atoms with Crippen LogP contribution in [0, 0.1) is 5.92 Å². The molecule has 6 aliphatic heterocycles. The van der Waals surface area contributed by atoms with Crippen molar-refractivity contribution in [1.82, 2.24) is 0 Å². The first-order chi connectivity index (χ1) is 32.6. The molecule has 18 N–H and O–H groups in total. The van der Waals surface area contributed by atoms with Gasteiger partial charge in [0.25, 0.3) is 0 Å². The molecule has 30 unspecified atom stereocenters. The van der Waals surface area contributed by atoms with Gasteiger partial charge in [-0.15, -0.1) is 0 Å². The van der Waals surface area contributed by atoms with Crippen molar-refractivity contribution in [3.63, 3.8) is 0 Å². The molecule has 0 aliphatic carbocycles. The first kappa shape index (κ1) is 57.1. The van der Waals surface area contributed by atoms with E-state index in [1.165, 1.54) is 6.92 Å². The van der Waals surface area contributed by atoms with E-state index in [-0.39, 0.29) is 12.3 Å². The Bertz CT molecular complexity index is 1550. The molecule has 0 amide bonds. The number of ether oxygens (including phenoxy) is 11. The Kier molecular flexibility index (Phi) is 20.2. The zero-order valence-electron chi connectivity index (χ0n) is 37.7. The van der Waals surface area contributed by atoms with Crippen LogP contribution in [0.4, 0.5) is 0 Å². The van der Waals surface area contributed by atoms with Gasteiger partial charge < -0.3 is 144 Å². The molecule has 30 atom stereocenters. The summed E-state index contributed by atoms with van der Waals surface area (Å²) in [7, 11) is 0. The van der Waals surface area contributed by atoms with E-state index in [0.717, 1.165) is 0 Å². The zero-order chi connectivity index (χ0) is 50.9. The van der Waals surface area contributed by atoms with Crippen LogP contribution in [0.15, 0.2) is 0 Å². The van der Waals surface area contributed by atoms with Crippen molar-refractivity contribution >= 4 is 0 Å². The van der Waals surface area contributed by atoms with Crippen molar-refractivity contribution in [2.75, 3.05) is 33.0 Å². The lowest BCUT2D eigenvalue weighted by Crippen LogP contribution is -2.68. The summed E-state index contributed by atoms with van der Waals surface area (Å²) in [6, 6.07) is 0. The fourth-order valence-corrected chi connectivity index (χ4v) is 9.23. The maximum absolute atomic E-state index is 11.5. The van der Waals surface area contributed by atoms with Crippen molar-refractivity contribution in [3.8, 4) is 0 Å². The highest BCUT2D eigenvalue weighted by Gasteiger charge is 2.57. The normalized spacial score (nSPS) is 52.3. The van der Waals surface area contributed by atoms with Crippen LogP contribution in [-0.4, -0.2) is 309 Å². The summed E-state index contributed by atoms with van der Waals surface area (Å²) in [5.74, 6) is -0.230. The van der Waals surface area contributed by atoms with Crippen molar-refractivity contribution in [2.24, 2.45) is 5.92 Å². The molecule has 0 radical (unpaired) electrons. The predicted octanol–water partition coefficient (Wildman–Crippen LogP) is -11.0. The smallest absolute Gasteiger partial charge is 0.187 e. The first-order valence-electron chi connectivity index (χ1n) is 22.7. The molecule has 6 heterocycles. The van der Waals surface area contributed by atoms with Gasteiger partial charge in [-0.25, -0.2) is 0 Å². The molecule has 6 fully saturated rings. The molecule has 0 bridgehead atoms. The van der Waals surface area contributed by atoms with E-state index < -0.39 is 217 Å². The summed E-state index contributed by atoms with van der Waals surface area (Å²) < 4.78 is 62.6. The predicted molar refractivity (Wildman–Crippen MR) is 215 cm³/mol. The summed E-state index contributed by atoms with van der Waals surface area (Å²) in [5.41, 5.74) is 0. The molecule has 69 heavy (non-hydrogen) atoms. The van der Waals surface area contributed by atoms with Gasteiger partial charge in [0.1, 0.15) is 140 Å². The Morgan fingerprint density at radius 2 is 0.551 bits per heavy atom. The molecule has 0 saturated carbocycles.